The van der Waals surface area contributed by atoms with Crippen LogP contribution in [0.2, 0.25) is 0 Å². The molecule has 0 unspecified atom stereocenters. The van der Waals surface area contributed by atoms with E-state index in [1.165, 1.54) is 17.7 Å². The predicted molar refractivity (Wildman–Crippen MR) is 115 cm³/mol. The normalized spacial score (nSPS) is 21.4. The number of rotatable bonds is 6. The molecule has 2 heterocycles. The van der Waals surface area contributed by atoms with Crippen LogP contribution >= 0.6 is 12.2 Å². The topological polar surface area (TPSA) is 47.6 Å². The van der Waals surface area contributed by atoms with Crippen LogP contribution in [0.4, 0.5) is 5.69 Å². The summed E-state index contributed by atoms with van der Waals surface area (Å²) in [7, 11) is 0. The largest absolute Gasteiger partial charge is 0.370 e. The summed E-state index contributed by atoms with van der Waals surface area (Å²) in [6, 6.07) is 8.94. The predicted octanol–water partition coefficient (Wildman–Crippen LogP) is 2.69. The highest BCUT2D eigenvalue weighted by Gasteiger charge is 2.32. The van der Waals surface area contributed by atoms with Gasteiger partial charge in [-0.25, -0.2) is 0 Å². The van der Waals surface area contributed by atoms with Crippen LogP contribution in [0.1, 0.15) is 45.6 Å². The van der Waals surface area contributed by atoms with Crippen molar-refractivity contribution < 1.29 is 4.79 Å². The molecule has 1 fully saturated rings. The molecule has 0 aromatic heterocycles. The molecule has 1 atom stereocenters. The van der Waals surface area contributed by atoms with Crippen molar-refractivity contribution in [1.82, 2.24) is 15.5 Å². The Balaban J connectivity index is 1.41. The van der Waals surface area contributed by atoms with Gasteiger partial charge in [-0.15, -0.1) is 0 Å². The van der Waals surface area contributed by atoms with E-state index < -0.39 is 0 Å². The first-order chi connectivity index (χ1) is 12.9. The van der Waals surface area contributed by atoms with Gasteiger partial charge in [0.25, 0.3) is 0 Å². The lowest BCUT2D eigenvalue weighted by Crippen LogP contribution is -2.60. The van der Waals surface area contributed by atoms with Crippen molar-refractivity contribution in [2.45, 2.75) is 58.0 Å². The Bertz CT molecular complexity index is 691. The lowest BCUT2D eigenvalue weighted by atomic mass is 9.93. The molecule has 0 aliphatic carbocycles. The summed E-state index contributed by atoms with van der Waals surface area (Å²) in [5.41, 5.74) is 2.76. The molecule has 1 saturated heterocycles. The van der Waals surface area contributed by atoms with Crippen molar-refractivity contribution in [3.05, 3.63) is 29.8 Å². The SMILES string of the molecule is C[C@H]1CC(C)(C)NC(=S)N1CCC(=O)NCCN1CCCc2ccccc21. The third kappa shape index (κ3) is 5.12. The maximum Gasteiger partial charge on any atom is 0.221 e. The van der Waals surface area contributed by atoms with E-state index in [-0.39, 0.29) is 11.4 Å². The Hall–Kier alpha value is -1.82. The Morgan fingerprint density at radius 3 is 2.89 bits per heavy atom. The molecule has 2 N–H and O–H groups in total. The van der Waals surface area contributed by atoms with Gasteiger partial charge in [0.05, 0.1) is 0 Å². The number of nitrogens with one attached hydrogen (secondary N) is 2. The van der Waals surface area contributed by atoms with Crippen LogP contribution in [0, 0.1) is 0 Å². The summed E-state index contributed by atoms with van der Waals surface area (Å²) in [6.45, 7) is 9.78. The van der Waals surface area contributed by atoms with Gasteiger partial charge in [-0.3, -0.25) is 4.79 Å². The van der Waals surface area contributed by atoms with E-state index in [1.807, 2.05) is 0 Å². The number of carbonyl (C=O) groups is 1. The second-order valence-electron chi connectivity index (χ2n) is 8.38. The highest BCUT2D eigenvalue weighted by Crippen LogP contribution is 2.26. The number of amides is 1. The molecule has 27 heavy (non-hydrogen) atoms. The van der Waals surface area contributed by atoms with Gasteiger partial charge in [-0.1, -0.05) is 18.2 Å². The van der Waals surface area contributed by atoms with Crippen LogP contribution in [0.3, 0.4) is 0 Å². The fraction of sp³-hybridized carbons (Fsp3) is 0.619. The molecule has 1 aromatic rings. The van der Waals surface area contributed by atoms with Crippen molar-refractivity contribution in [3.63, 3.8) is 0 Å². The number of fused-ring (bicyclic) bond motifs is 1. The number of thiocarbonyl (C=S) groups is 1. The van der Waals surface area contributed by atoms with Crippen LogP contribution in [0.5, 0.6) is 0 Å². The van der Waals surface area contributed by atoms with E-state index in [9.17, 15) is 4.79 Å². The summed E-state index contributed by atoms with van der Waals surface area (Å²) in [4.78, 5) is 16.8. The molecular formula is C21H32N4OS. The van der Waals surface area contributed by atoms with Crippen molar-refractivity contribution >= 4 is 28.9 Å². The van der Waals surface area contributed by atoms with Crippen LogP contribution in [0.25, 0.3) is 0 Å². The molecule has 2 aliphatic rings. The van der Waals surface area contributed by atoms with Crippen LogP contribution < -0.4 is 15.5 Å². The zero-order valence-electron chi connectivity index (χ0n) is 16.8. The summed E-state index contributed by atoms with van der Waals surface area (Å²) in [5.74, 6) is 0.0973. The van der Waals surface area contributed by atoms with E-state index in [0.29, 0.717) is 25.6 Å². The van der Waals surface area contributed by atoms with Gasteiger partial charge in [0.15, 0.2) is 5.11 Å². The summed E-state index contributed by atoms with van der Waals surface area (Å²) in [5, 5.41) is 7.21. The van der Waals surface area contributed by atoms with Crippen molar-refractivity contribution in [2.75, 3.05) is 31.1 Å². The summed E-state index contributed by atoms with van der Waals surface area (Å²) < 4.78 is 0. The average molecular weight is 389 g/mol. The molecule has 0 spiro atoms. The highest BCUT2D eigenvalue weighted by atomic mass is 32.1. The number of para-hydroxylation sites is 1. The Morgan fingerprint density at radius 2 is 2.11 bits per heavy atom. The third-order valence-electron chi connectivity index (χ3n) is 5.53. The Kier molecular flexibility index (Phi) is 6.25. The van der Waals surface area contributed by atoms with Gasteiger partial charge in [-0.2, -0.15) is 0 Å². The molecule has 5 nitrogen and oxygen atoms in total. The van der Waals surface area contributed by atoms with Crippen molar-refractivity contribution in [3.8, 4) is 0 Å². The molecule has 0 saturated carbocycles. The first kappa shape index (κ1) is 19.9. The first-order valence-corrected chi connectivity index (χ1v) is 10.4. The maximum absolute atomic E-state index is 12.3. The number of hydrogen-bond acceptors (Lipinski definition) is 3. The number of hydrogen-bond donors (Lipinski definition) is 2. The molecule has 2 aliphatic heterocycles. The molecule has 6 heteroatoms. The smallest absolute Gasteiger partial charge is 0.221 e. The monoisotopic (exact) mass is 388 g/mol. The molecule has 1 aromatic carbocycles. The number of aryl methyl sites for hydroxylation is 1. The minimum Gasteiger partial charge on any atom is -0.370 e. The second kappa shape index (κ2) is 8.46. The number of nitrogens with zero attached hydrogens (tertiary/aromatic N) is 2. The van der Waals surface area contributed by atoms with Crippen molar-refractivity contribution in [2.24, 2.45) is 0 Å². The molecule has 0 bridgehead atoms. The molecule has 1 amide bonds. The standard InChI is InChI=1S/C21H32N4OS/c1-16-15-21(2,3)23-20(27)25(16)13-10-19(26)22-11-14-24-12-6-8-17-7-4-5-9-18(17)24/h4-5,7,9,16H,6,8,10-15H2,1-3H3,(H,22,26)(H,23,27)/t16-/m0/s1. The van der Waals surface area contributed by atoms with Gasteiger partial charge in [-0.05, 0) is 63.9 Å². The molecular weight excluding hydrogens is 356 g/mol. The van der Waals surface area contributed by atoms with Gasteiger partial charge in [0.2, 0.25) is 5.91 Å². The lowest BCUT2D eigenvalue weighted by molar-refractivity contribution is -0.121. The fourth-order valence-corrected chi connectivity index (χ4v) is 4.82. The Morgan fingerprint density at radius 1 is 1.33 bits per heavy atom. The second-order valence-corrected chi connectivity index (χ2v) is 8.77. The van der Waals surface area contributed by atoms with E-state index in [4.69, 9.17) is 12.2 Å². The minimum absolute atomic E-state index is 0.0278. The summed E-state index contributed by atoms with van der Waals surface area (Å²) in [6.07, 6.45) is 3.82. The van der Waals surface area contributed by atoms with Crippen LogP contribution in [-0.2, 0) is 11.2 Å². The van der Waals surface area contributed by atoms with Crippen molar-refractivity contribution in [1.29, 1.82) is 0 Å². The van der Waals surface area contributed by atoms with Gasteiger partial charge in [0.1, 0.15) is 0 Å². The molecule has 148 valence electrons. The Labute approximate surface area is 168 Å². The minimum atomic E-state index is 0.0278. The van der Waals surface area contributed by atoms with Crippen LogP contribution in [0.15, 0.2) is 24.3 Å². The summed E-state index contributed by atoms with van der Waals surface area (Å²) >= 11 is 5.49. The zero-order chi connectivity index (χ0) is 19.4. The molecule has 3 rings (SSSR count). The van der Waals surface area contributed by atoms with E-state index in [1.54, 1.807) is 0 Å². The maximum atomic E-state index is 12.3. The number of anilines is 1. The number of carbonyl (C=O) groups excluding carboxylic acids is 1. The third-order valence-corrected chi connectivity index (χ3v) is 5.87. The van der Waals surface area contributed by atoms with Gasteiger partial charge in [0, 0.05) is 49.9 Å². The first-order valence-electron chi connectivity index (χ1n) is 10.0. The number of benzene rings is 1. The van der Waals surface area contributed by atoms with Crippen LogP contribution in [-0.4, -0.2) is 53.7 Å². The zero-order valence-corrected chi connectivity index (χ0v) is 17.6. The lowest BCUT2D eigenvalue weighted by Gasteiger charge is -2.44. The fourth-order valence-electron chi connectivity index (χ4n) is 4.27. The quantitative estimate of drug-likeness (QED) is 0.734. The van der Waals surface area contributed by atoms with Gasteiger partial charge >= 0.3 is 0 Å². The van der Waals surface area contributed by atoms with E-state index in [0.717, 1.165) is 31.0 Å². The van der Waals surface area contributed by atoms with E-state index >= 15 is 0 Å². The van der Waals surface area contributed by atoms with Gasteiger partial charge < -0.3 is 20.4 Å². The average Bonchev–Trinajstić information content (AvgIpc) is 2.60. The van der Waals surface area contributed by atoms with E-state index in [2.05, 4.69) is 65.5 Å². The highest BCUT2D eigenvalue weighted by molar-refractivity contribution is 7.80. The molecule has 0 radical (unpaired) electrons.